The number of imide groups is 1. The summed E-state index contributed by atoms with van der Waals surface area (Å²) < 4.78 is 5.17. The Labute approximate surface area is 180 Å². The van der Waals surface area contributed by atoms with Crippen molar-refractivity contribution >= 4 is 29.5 Å². The van der Waals surface area contributed by atoms with Crippen LogP contribution in [-0.2, 0) is 19.1 Å². The van der Waals surface area contributed by atoms with E-state index in [9.17, 15) is 19.2 Å². The molecule has 0 spiro atoms. The van der Waals surface area contributed by atoms with Crippen molar-refractivity contribution in [2.45, 2.75) is 38.8 Å². The number of rotatable bonds is 7. The van der Waals surface area contributed by atoms with Crippen molar-refractivity contribution in [2.24, 2.45) is 0 Å². The Morgan fingerprint density at radius 2 is 1.74 bits per heavy atom. The van der Waals surface area contributed by atoms with Crippen LogP contribution in [0.25, 0.3) is 11.1 Å². The molecule has 1 saturated heterocycles. The average molecular weight is 423 g/mol. The summed E-state index contributed by atoms with van der Waals surface area (Å²) in [7, 11) is 0. The first-order chi connectivity index (χ1) is 14.7. The second-order valence-corrected chi connectivity index (χ2v) is 7.54. The van der Waals surface area contributed by atoms with Gasteiger partial charge in [-0.05, 0) is 31.9 Å². The van der Waals surface area contributed by atoms with Gasteiger partial charge < -0.3 is 15.4 Å². The first-order valence-corrected chi connectivity index (χ1v) is 10.0. The Kier molecular flexibility index (Phi) is 6.39. The lowest BCUT2D eigenvalue weighted by Gasteiger charge is -2.19. The van der Waals surface area contributed by atoms with Crippen LogP contribution in [0.1, 0.15) is 27.2 Å². The third-order valence-electron chi connectivity index (χ3n) is 5.29. The van der Waals surface area contributed by atoms with Gasteiger partial charge in [-0.25, -0.2) is 4.79 Å². The van der Waals surface area contributed by atoms with E-state index < -0.39 is 42.0 Å². The molecule has 1 aliphatic rings. The van der Waals surface area contributed by atoms with Gasteiger partial charge in [0, 0.05) is 11.3 Å². The number of anilines is 1. The van der Waals surface area contributed by atoms with E-state index in [1.165, 1.54) is 6.92 Å². The molecular weight excluding hydrogens is 398 g/mol. The van der Waals surface area contributed by atoms with Crippen LogP contribution >= 0.6 is 0 Å². The molecule has 0 aliphatic carbocycles. The lowest BCUT2D eigenvalue weighted by atomic mass is 9.99. The van der Waals surface area contributed by atoms with Gasteiger partial charge in [0.25, 0.3) is 11.8 Å². The minimum atomic E-state index is -1.12. The van der Waals surface area contributed by atoms with Gasteiger partial charge in [0.15, 0.2) is 6.10 Å². The normalized spacial score (nSPS) is 19.0. The van der Waals surface area contributed by atoms with Crippen molar-refractivity contribution in [1.29, 1.82) is 0 Å². The molecule has 1 aliphatic heterocycles. The van der Waals surface area contributed by atoms with Crippen LogP contribution in [-0.4, -0.2) is 46.9 Å². The Bertz CT molecular complexity index is 1010. The number of esters is 1. The smallest absolute Gasteiger partial charge is 0.327 e. The number of para-hydroxylation sites is 1. The van der Waals surface area contributed by atoms with E-state index in [-0.39, 0.29) is 0 Å². The van der Waals surface area contributed by atoms with Gasteiger partial charge in [0.05, 0.1) is 0 Å². The van der Waals surface area contributed by atoms with Gasteiger partial charge in [-0.1, -0.05) is 55.5 Å². The van der Waals surface area contributed by atoms with E-state index in [0.717, 1.165) is 16.0 Å². The molecule has 3 rings (SSSR count). The number of carbonyl (C=O) groups is 4. The van der Waals surface area contributed by atoms with Crippen molar-refractivity contribution < 1.29 is 23.9 Å². The minimum absolute atomic E-state index is 0.392. The summed E-state index contributed by atoms with van der Waals surface area (Å²) in [4.78, 5) is 50.1. The van der Waals surface area contributed by atoms with Crippen molar-refractivity contribution in [1.82, 2.24) is 10.2 Å². The quantitative estimate of drug-likeness (QED) is 0.526. The SMILES string of the molecule is CC[C@]1(C)NC(=O)N(CC(=O)O[C@H](C)C(=O)Nc2ccccc2-c2ccccc2)C1=O. The van der Waals surface area contributed by atoms with Gasteiger partial charge >= 0.3 is 12.0 Å². The number of ether oxygens (including phenoxy) is 1. The maximum Gasteiger partial charge on any atom is 0.327 e. The topological polar surface area (TPSA) is 105 Å². The largest absolute Gasteiger partial charge is 0.451 e. The Morgan fingerprint density at radius 3 is 2.39 bits per heavy atom. The summed E-state index contributed by atoms with van der Waals surface area (Å²) in [6, 6.07) is 16.2. The van der Waals surface area contributed by atoms with E-state index >= 15 is 0 Å². The van der Waals surface area contributed by atoms with Gasteiger partial charge in [0.2, 0.25) is 0 Å². The number of amides is 4. The van der Waals surface area contributed by atoms with Crippen LogP contribution in [0, 0.1) is 0 Å². The average Bonchev–Trinajstić information content (AvgIpc) is 2.98. The minimum Gasteiger partial charge on any atom is -0.451 e. The molecule has 2 aromatic carbocycles. The summed E-state index contributed by atoms with van der Waals surface area (Å²) in [5.74, 6) is -1.86. The molecule has 0 unspecified atom stereocenters. The summed E-state index contributed by atoms with van der Waals surface area (Å²) in [5.41, 5.74) is 1.30. The zero-order valence-corrected chi connectivity index (χ0v) is 17.7. The molecular formula is C23H25N3O5. The van der Waals surface area contributed by atoms with Crippen LogP contribution in [0.2, 0.25) is 0 Å². The first kappa shape index (κ1) is 22.0. The van der Waals surface area contributed by atoms with Crippen LogP contribution in [0.15, 0.2) is 54.6 Å². The number of nitrogens with zero attached hydrogens (tertiary/aromatic N) is 1. The lowest BCUT2D eigenvalue weighted by Crippen LogP contribution is -2.44. The number of hydrogen-bond acceptors (Lipinski definition) is 5. The predicted octanol–water partition coefficient (Wildman–Crippen LogP) is 2.94. The van der Waals surface area contributed by atoms with Crippen LogP contribution in [0.5, 0.6) is 0 Å². The Balaban J connectivity index is 1.63. The number of nitrogens with one attached hydrogen (secondary N) is 2. The third-order valence-corrected chi connectivity index (χ3v) is 5.29. The Morgan fingerprint density at radius 1 is 1.10 bits per heavy atom. The number of urea groups is 1. The molecule has 162 valence electrons. The van der Waals surface area contributed by atoms with Crippen molar-refractivity contribution in [3.05, 3.63) is 54.6 Å². The molecule has 4 amide bonds. The zero-order valence-electron chi connectivity index (χ0n) is 17.7. The number of benzene rings is 2. The van der Waals surface area contributed by atoms with Crippen molar-refractivity contribution in [3.63, 3.8) is 0 Å². The molecule has 8 heteroatoms. The van der Waals surface area contributed by atoms with E-state index in [1.54, 1.807) is 26.0 Å². The van der Waals surface area contributed by atoms with Crippen molar-refractivity contribution in [2.75, 3.05) is 11.9 Å². The van der Waals surface area contributed by atoms with Gasteiger partial charge in [-0.15, -0.1) is 0 Å². The lowest BCUT2D eigenvalue weighted by molar-refractivity contribution is -0.155. The summed E-state index contributed by atoms with van der Waals surface area (Å²) in [5, 5.41) is 5.34. The van der Waals surface area contributed by atoms with E-state index in [0.29, 0.717) is 12.1 Å². The molecule has 0 aromatic heterocycles. The maximum absolute atomic E-state index is 12.6. The van der Waals surface area contributed by atoms with Gasteiger partial charge in [-0.3, -0.25) is 19.3 Å². The fourth-order valence-corrected chi connectivity index (χ4v) is 3.24. The second kappa shape index (κ2) is 8.99. The van der Waals surface area contributed by atoms with Crippen LogP contribution < -0.4 is 10.6 Å². The number of carbonyl (C=O) groups excluding carboxylic acids is 4. The molecule has 2 N–H and O–H groups in total. The highest BCUT2D eigenvalue weighted by atomic mass is 16.5. The zero-order chi connectivity index (χ0) is 22.6. The van der Waals surface area contributed by atoms with E-state index in [2.05, 4.69) is 10.6 Å². The third kappa shape index (κ3) is 4.74. The van der Waals surface area contributed by atoms with Crippen molar-refractivity contribution in [3.8, 4) is 11.1 Å². The highest BCUT2D eigenvalue weighted by molar-refractivity contribution is 6.08. The second-order valence-electron chi connectivity index (χ2n) is 7.54. The molecule has 1 heterocycles. The number of hydrogen-bond donors (Lipinski definition) is 2. The molecule has 0 saturated carbocycles. The first-order valence-electron chi connectivity index (χ1n) is 10.0. The molecule has 0 bridgehead atoms. The highest BCUT2D eigenvalue weighted by Crippen LogP contribution is 2.27. The van der Waals surface area contributed by atoms with Crippen LogP contribution in [0.3, 0.4) is 0 Å². The molecule has 2 atom stereocenters. The summed E-state index contributed by atoms with van der Waals surface area (Å²) in [6.45, 7) is 4.23. The van der Waals surface area contributed by atoms with Crippen LogP contribution in [0.4, 0.5) is 10.5 Å². The summed E-state index contributed by atoms with van der Waals surface area (Å²) >= 11 is 0. The monoisotopic (exact) mass is 423 g/mol. The predicted molar refractivity (Wildman–Crippen MR) is 115 cm³/mol. The molecule has 1 fully saturated rings. The maximum atomic E-state index is 12.6. The summed E-state index contributed by atoms with van der Waals surface area (Å²) in [6.07, 6.45) is -0.724. The fraction of sp³-hybridized carbons (Fsp3) is 0.304. The standard InChI is InChI=1S/C23H25N3O5/c1-4-23(3)21(29)26(22(30)25-23)14-19(27)31-15(2)20(28)24-18-13-9-8-12-17(18)16-10-6-5-7-11-16/h5-13,15H,4,14H2,1-3H3,(H,24,28)(H,25,30)/t15-,23+/m1/s1. The van der Waals surface area contributed by atoms with E-state index in [1.807, 2.05) is 42.5 Å². The Hall–Kier alpha value is -3.68. The molecule has 2 aromatic rings. The van der Waals surface area contributed by atoms with E-state index in [4.69, 9.17) is 4.74 Å². The highest BCUT2D eigenvalue weighted by Gasteiger charge is 2.47. The fourth-order valence-electron chi connectivity index (χ4n) is 3.24. The van der Waals surface area contributed by atoms with Gasteiger partial charge in [-0.2, -0.15) is 0 Å². The molecule has 31 heavy (non-hydrogen) atoms. The molecule has 0 radical (unpaired) electrons. The molecule has 8 nitrogen and oxygen atoms in total. The van der Waals surface area contributed by atoms with Gasteiger partial charge in [0.1, 0.15) is 12.1 Å².